The normalized spacial score (nSPS) is 54.7. The van der Waals surface area contributed by atoms with Crippen molar-refractivity contribution < 1.29 is 24.9 Å². The Labute approximate surface area is 211 Å². The SMILES string of the molecule is CC(C)=CC1OC2CC3(C)C4CC=C5C(CCC(O)C5(C)C)C4(C)C(=O)CC3(C)C2C(C)(O)C1O. The number of aliphatic hydroxyl groups is 3. The average molecular weight is 487 g/mol. The summed E-state index contributed by atoms with van der Waals surface area (Å²) in [5, 5.41) is 33.8. The van der Waals surface area contributed by atoms with Gasteiger partial charge in [-0.3, -0.25) is 4.79 Å². The third-order valence-corrected chi connectivity index (χ3v) is 12.0. The molecular weight excluding hydrogens is 440 g/mol. The zero-order valence-electron chi connectivity index (χ0n) is 22.9. The number of ketones is 1. The van der Waals surface area contributed by atoms with Crippen LogP contribution in [0.2, 0.25) is 0 Å². The van der Waals surface area contributed by atoms with Crippen molar-refractivity contribution in [1.82, 2.24) is 0 Å². The Bertz CT molecular complexity index is 989. The molecular formula is C30H46O5. The molecule has 196 valence electrons. The van der Waals surface area contributed by atoms with Crippen LogP contribution in [0.4, 0.5) is 0 Å². The summed E-state index contributed by atoms with van der Waals surface area (Å²) in [6, 6.07) is 0. The van der Waals surface area contributed by atoms with E-state index in [4.69, 9.17) is 4.74 Å². The summed E-state index contributed by atoms with van der Waals surface area (Å²) in [6.07, 6.45) is 5.60. The van der Waals surface area contributed by atoms with Crippen molar-refractivity contribution in [3.05, 3.63) is 23.3 Å². The molecule has 3 saturated carbocycles. The van der Waals surface area contributed by atoms with E-state index in [-0.39, 0.29) is 46.6 Å². The van der Waals surface area contributed by atoms with Crippen LogP contribution in [0.25, 0.3) is 0 Å². The van der Waals surface area contributed by atoms with Crippen LogP contribution in [0.3, 0.4) is 0 Å². The van der Waals surface area contributed by atoms with Gasteiger partial charge in [-0.2, -0.15) is 0 Å². The van der Waals surface area contributed by atoms with E-state index in [1.807, 2.05) is 19.9 Å². The first-order valence-electron chi connectivity index (χ1n) is 13.7. The second-order valence-corrected chi connectivity index (χ2v) is 14.3. The summed E-state index contributed by atoms with van der Waals surface area (Å²) < 4.78 is 6.55. The van der Waals surface area contributed by atoms with Crippen LogP contribution in [0.5, 0.6) is 0 Å². The lowest BCUT2D eigenvalue weighted by atomic mass is 9.38. The summed E-state index contributed by atoms with van der Waals surface area (Å²) >= 11 is 0. The molecule has 11 atom stereocenters. The lowest BCUT2D eigenvalue weighted by Gasteiger charge is -2.65. The number of rotatable bonds is 1. The highest BCUT2D eigenvalue weighted by atomic mass is 16.5. The molecule has 5 heteroatoms. The van der Waals surface area contributed by atoms with Gasteiger partial charge >= 0.3 is 0 Å². The molecule has 0 aromatic heterocycles. The first-order chi connectivity index (χ1) is 16.0. The molecule has 11 unspecified atom stereocenters. The van der Waals surface area contributed by atoms with Crippen LogP contribution in [0, 0.1) is 39.4 Å². The van der Waals surface area contributed by atoms with Crippen molar-refractivity contribution >= 4 is 5.78 Å². The Morgan fingerprint density at radius 1 is 1.06 bits per heavy atom. The second kappa shape index (κ2) is 7.52. The van der Waals surface area contributed by atoms with Gasteiger partial charge in [0.25, 0.3) is 0 Å². The molecule has 1 saturated heterocycles. The summed E-state index contributed by atoms with van der Waals surface area (Å²) in [5.74, 6) is 0.231. The topological polar surface area (TPSA) is 87.0 Å². The third-order valence-electron chi connectivity index (χ3n) is 12.0. The van der Waals surface area contributed by atoms with Crippen molar-refractivity contribution in [1.29, 1.82) is 0 Å². The van der Waals surface area contributed by atoms with Crippen molar-refractivity contribution in [3.8, 4) is 0 Å². The van der Waals surface area contributed by atoms with Gasteiger partial charge in [0.05, 0.1) is 17.8 Å². The van der Waals surface area contributed by atoms with Crippen molar-refractivity contribution in [2.24, 2.45) is 39.4 Å². The van der Waals surface area contributed by atoms with Crippen LogP contribution in [0.15, 0.2) is 23.3 Å². The van der Waals surface area contributed by atoms with E-state index in [0.29, 0.717) is 6.42 Å². The highest BCUT2D eigenvalue weighted by Crippen LogP contribution is 2.75. The smallest absolute Gasteiger partial charge is 0.140 e. The molecule has 4 aliphatic carbocycles. The number of hydrogen-bond acceptors (Lipinski definition) is 5. The fourth-order valence-corrected chi connectivity index (χ4v) is 9.86. The van der Waals surface area contributed by atoms with E-state index in [0.717, 1.165) is 31.3 Å². The molecule has 5 nitrogen and oxygen atoms in total. The number of fused-ring (bicyclic) bond motifs is 7. The van der Waals surface area contributed by atoms with Crippen molar-refractivity contribution in [2.45, 2.75) is 118 Å². The molecule has 1 aliphatic heterocycles. The number of carbonyl (C=O) groups excluding carboxylic acids is 1. The van der Waals surface area contributed by atoms with E-state index in [2.05, 4.69) is 40.7 Å². The summed E-state index contributed by atoms with van der Waals surface area (Å²) in [4.78, 5) is 14.3. The van der Waals surface area contributed by atoms with Crippen LogP contribution >= 0.6 is 0 Å². The van der Waals surface area contributed by atoms with Gasteiger partial charge in [-0.15, -0.1) is 0 Å². The molecule has 5 aliphatic rings. The third kappa shape index (κ3) is 3.05. The van der Waals surface area contributed by atoms with Gasteiger partial charge in [0.15, 0.2) is 0 Å². The summed E-state index contributed by atoms with van der Waals surface area (Å²) in [6.45, 7) is 16.6. The Morgan fingerprint density at radius 2 is 1.71 bits per heavy atom. The minimum absolute atomic E-state index is 0.130. The number of hydrogen-bond donors (Lipinski definition) is 3. The van der Waals surface area contributed by atoms with Crippen molar-refractivity contribution in [3.63, 3.8) is 0 Å². The number of ether oxygens (including phenoxy) is 1. The maximum atomic E-state index is 14.3. The lowest BCUT2D eigenvalue weighted by molar-refractivity contribution is -0.247. The molecule has 4 fully saturated rings. The van der Waals surface area contributed by atoms with Gasteiger partial charge in [0.2, 0.25) is 0 Å². The molecule has 5 rings (SSSR count). The molecule has 0 aromatic carbocycles. The predicted octanol–water partition coefficient (Wildman–Crippen LogP) is 4.59. The predicted molar refractivity (Wildman–Crippen MR) is 135 cm³/mol. The average Bonchev–Trinajstić information content (AvgIpc) is 2.96. The Balaban J connectivity index is 1.61. The second-order valence-electron chi connectivity index (χ2n) is 14.3. The van der Waals surface area contributed by atoms with E-state index in [9.17, 15) is 20.1 Å². The van der Waals surface area contributed by atoms with Gasteiger partial charge < -0.3 is 20.1 Å². The number of aliphatic hydroxyl groups excluding tert-OH is 2. The molecule has 0 amide bonds. The van der Waals surface area contributed by atoms with Crippen LogP contribution in [-0.4, -0.2) is 51.1 Å². The van der Waals surface area contributed by atoms with E-state index in [1.165, 1.54) is 5.57 Å². The quantitative estimate of drug-likeness (QED) is 0.472. The molecule has 0 bridgehead atoms. The standard InChI is InChI=1S/C30H46O5/c1-16(2)13-19-25(33)30(8,34)24-20(35-19)14-27(5)21-11-9-17-18(10-12-22(31)26(17,3)4)29(21,7)23(32)15-28(24,27)6/h9,13,18-22,24-25,31,33-34H,10-12,14-15H2,1-8H3. The van der Waals surface area contributed by atoms with Gasteiger partial charge in [0, 0.05) is 23.2 Å². The fraction of sp³-hybridized carbons (Fsp3) is 0.833. The Hall–Kier alpha value is -1.01. The fourth-order valence-electron chi connectivity index (χ4n) is 9.86. The molecule has 35 heavy (non-hydrogen) atoms. The largest absolute Gasteiger partial charge is 0.392 e. The highest BCUT2D eigenvalue weighted by Gasteiger charge is 2.76. The molecule has 0 radical (unpaired) electrons. The van der Waals surface area contributed by atoms with Gasteiger partial charge in [0.1, 0.15) is 18.0 Å². The highest BCUT2D eigenvalue weighted by molar-refractivity contribution is 5.88. The maximum absolute atomic E-state index is 14.3. The van der Waals surface area contributed by atoms with Gasteiger partial charge in [-0.1, -0.05) is 57.9 Å². The summed E-state index contributed by atoms with van der Waals surface area (Å²) in [5.41, 5.74) is -0.568. The monoisotopic (exact) mass is 486 g/mol. The zero-order valence-corrected chi connectivity index (χ0v) is 22.9. The number of carbonyl (C=O) groups is 1. The molecule has 0 spiro atoms. The minimum Gasteiger partial charge on any atom is -0.392 e. The Kier molecular flexibility index (Phi) is 5.51. The number of Topliss-reactive ketones (excluding diaryl/α,β-unsaturated/α-hetero) is 1. The lowest BCUT2D eigenvalue weighted by Crippen LogP contribution is -2.67. The van der Waals surface area contributed by atoms with E-state index < -0.39 is 28.6 Å². The first-order valence-corrected chi connectivity index (χ1v) is 13.7. The van der Waals surface area contributed by atoms with E-state index in [1.54, 1.807) is 6.92 Å². The minimum atomic E-state index is -1.35. The van der Waals surface area contributed by atoms with Crippen molar-refractivity contribution in [2.75, 3.05) is 0 Å². The Morgan fingerprint density at radius 3 is 2.34 bits per heavy atom. The van der Waals surface area contributed by atoms with Crippen LogP contribution in [-0.2, 0) is 9.53 Å². The van der Waals surface area contributed by atoms with Gasteiger partial charge in [-0.25, -0.2) is 0 Å². The summed E-state index contributed by atoms with van der Waals surface area (Å²) in [7, 11) is 0. The molecule has 0 aromatic rings. The van der Waals surface area contributed by atoms with E-state index >= 15 is 0 Å². The zero-order chi connectivity index (χ0) is 25.9. The van der Waals surface area contributed by atoms with Crippen LogP contribution < -0.4 is 0 Å². The maximum Gasteiger partial charge on any atom is 0.140 e. The molecule has 3 N–H and O–H groups in total. The first kappa shape index (κ1) is 25.6. The number of allylic oxidation sites excluding steroid dienone is 2. The van der Waals surface area contributed by atoms with Gasteiger partial charge in [-0.05, 0) is 69.1 Å². The van der Waals surface area contributed by atoms with Crippen LogP contribution in [0.1, 0.15) is 87.5 Å². The molecule has 1 heterocycles.